The Labute approximate surface area is 158 Å². The Morgan fingerprint density at radius 2 is 2.07 bits per heavy atom. The number of hydrogen-bond acceptors (Lipinski definition) is 7. The van der Waals surface area contributed by atoms with Crippen molar-refractivity contribution in [1.29, 1.82) is 0 Å². The van der Waals surface area contributed by atoms with E-state index in [1.807, 2.05) is 12.1 Å². The summed E-state index contributed by atoms with van der Waals surface area (Å²) in [7, 11) is 3.09. The maximum absolute atomic E-state index is 12.5. The number of amides is 1. The predicted molar refractivity (Wildman–Crippen MR) is 97.3 cm³/mol. The lowest BCUT2D eigenvalue weighted by Crippen LogP contribution is -2.46. The Balaban J connectivity index is 1.52. The molecule has 8 heteroatoms. The predicted octanol–water partition coefficient (Wildman–Crippen LogP) is 1.94. The van der Waals surface area contributed by atoms with Gasteiger partial charge in [0, 0.05) is 24.9 Å². The van der Waals surface area contributed by atoms with E-state index in [1.54, 1.807) is 36.4 Å². The van der Waals surface area contributed by atoms with Crippen LogP contribution < -0.4 is 18.9 Å². The van der Waals surface area contributed by atoms with E-state index in [1.165, 1.54) is 7.11 Å². The van der Waals surface area contributed by atoms with Crippen LogP contribution >= 0.6 is 0 Å². The molecule has 1 saturated heterocycles. The average Bonchev–Trinajstić information content (AvgIpc) is 2.72. The average molecular weight is 373 g/mol. The van der Waals surface area contributed by atoms with Crippen molar-refractivity contribution in [1.82, 2.24) is 14.9 Å². The fraction of sp³-hybridized carbons (Fsp3) is 0.421. The number of carbonyl (C=O) groups is 1. The lowest BCUT2D eigenvalue weighted by molar-refractivity contribution is -0.136. The van der Waals surface area contributed by atoms with Crippen molar-refractivity contribution in [2.75, 3.05) is 33.9 Å². The highest BCUT2D eigenvalue weighted by Gasteiger charge is 2.25. The molecule has 1 unspecified atom stereocenters. The molecule has 0 radical (unpaired) electrons. The van der Waals surface area contributed by atoms with Gasteiger partial charge in [-0.1, -0.05) is 6.07 Å². The summed E-state index contributed by atoms with van der Waals surface area (Å²) < 4.78 is 21.6. The van der Waals surface area contributed by atoms with Gasteiger partial charge in [-0.2, -0.15) is 4.98 Å². The third-order valence-corrected chi connectivity index (χ3v) is 4.21. The first-order valence-electron chi connectivity index (χ1n) is 8.76. The molecule has 8 nitrogen and oxygen atoms in total. The van der Waals surface area contributed by atoms with E-state index < -0.39 is 0 Å². The van der Waals surface area contributed by atoms with E-state index in [9.17, 15) is 4.79 Å². The fourth-order valence-corrected chi connectivity index (χ4v) is 2.85. The smallest absolute Gasteiger partial charge is 0.319 e. The number of hydrogen-bond donors (Lipinski definition) is 0. The van der Waals surface area contributed by atoms with Crippen molar-refractivity contribution in [2.24, 2.45) is 0 Å². The summed E-state index contributed by atoms with van der Waals surface area (Å²) >= 11 is 0. The van der Waals surface area contributed by atoms with Crippen LogP contribution in [0.3, 0.4) is 0 Å². The van der Waals surface area contributed by atoms with Crippen LogP contribution in [0.2, 0.25) is 0 Å². The van der Waals surface area contributed by atoms with Crippen molar-refractivity contribution < 1.29 is 23.7 Å². The van der Waals surface area contributed by atoms with Gasteiger partial charge in [0.05, 0.1) is 20.8 Å². The Bertz CT molecular complexity index is 771. The summed E-state index contributed by atoms with van der Waals surface area (Å²) in [6.45, 7) is 1.15. The molecule has 1 atom stereocenters. The number of likely N-dealkylation sites (tertiary alicyclic amines) is 1. The minimum Gasteiger partial charge on any atom is -0.497 e. The second kappa shape index (κ2) is 9.07. The minimum atomic E-state index is -0.126. The summed E-state index contributed by atoms with van der Waals surface area (Å²) in [4.78, 5) is 22.4. The lowest BCUT2D eigenvalue weighted by Gasteiger charge is -2.32. The van der Waals surface area contributed by atoms with E-state index in [2.05, 4.69) is 9.97 Å². The van der Waals surface area contributed by atoms with Gasteiger partial charge in [-0.3, -0.25) is 4.79 Å². The van der Waals surface area contributed by atoms with E-state index in [4.69, 9.17) is 18.9 Å². The van der Waals surface area contributed by atoms with Crippen LogP contribution in [0.4, 0.5) is 0 Å². The molecule has 144 valence electrons. The monoisotopic (exact) mass is 373 g/mol. The van der Waals surface area contributed by atoms with Gasteiger partial charge in [0.1, 0.15) is 17.6 Å². The van der Waals surface area contributed by atoms with Crippen molar-refractivity contribution in [2.45, 2.75) is 18.9 Å². The number of methoxy groups -OCH3 is 2. The highest BCUT2D eigenvalue weighted by molar-refractivity contribution is 5.78. The molecule has 2 heterocycles. The standard InChI is InChI=1S/C19H23N3O5/c1-24-14-5-3-6-15(11-14)26-13-18(23)22-10-4-7-16(12-22)27-17-8-9-20-19(21-17)25-2/h3,5-6,8-9,11,16H,4,7,10,12-13H2,1-2H3. The molecule has 1 aliphatic rings. The molecule has 0 spiro atoms. The Kier molecular flexibility index (Phi) is 6.30. The molecule has 2 aromatic rings. The quantitative estimate of drug-likeness (QED) is 0.733. The first-order valence-corrected chi connectivity index (χ1v) is 8.76. The summed E-state index contributed by atoms with van der Waals surface area (Å²) in [6, 6.07) is 9.11. The summed E-state index contributed by atoms with van der Waals surface area (Å²) in [5.74, 6) is 1.65. The molecular weight excluding hydrogens is 350 g/mol. The van der Waals surface area contributed by atoms with Crippen LogP contribution in [0.5, 0.6) is 23.4 Å². The zero-order chi connectivity index (χ0) is 19.1. The van der Waals surface area contributed by atoms with Gasteiger partial charge in [0.15, 0.2) is 6.61 Å². The van der Waals surface area contributed by atoms with Gasteiger partial charge in [0.2, 0.25) is 5.88 Å². The van der Waals surface area contributed by atoms with Gasteiger partial charge in [-0.05, 0) is 25.0 Å². The topological polar surface area (TPSA) is 83.0 Å². The van der Waals surface area contributed by atoms with Crippen LogP contribution in [0.1, 0.15) is 12.8 Å². The highest BCUT2D eigenvalue weighted by atomic mass is 16.5. The third kappa shape index (κ3) is 5.22. The molecule has 0 aliphatic carbocycles. The van der Waals surface area contributed by atoms with Gasteiger partial charge < -0.3 is 23.8 Å². The maximum atomic E-state index is 12.5. The number of benzene rings is 1. The van der Waals surface area contributed by atoms with Gasteiger partial charge in [0.25, 0.3) is 5.91 Å². The number of aromatic nitrogens is 2. The van der Waals surface area contributed by atoms with Crippen LogP contribution in [0.25, 0.3) is 0 Å². The molecule has 1 amide bonds. The molecule has 0 saturated carbocycles. The van der Waals surface area contributed by atoms with Crippen molar-refractivity contribution in [3.8, 4) is 23.4 Å². The molecular formula is C19H23N3O5. The second-order valence-corrected chi connectivity index (χ2v) is 6.07. The Morgan fingerprint density at radius 1 is 1.22 bits per heavy atom. The fourth-order valence-electron chi connectivity index (χ4n) is 2.85. The largest absolute Gasteiger partial charge is 0.497 e. The van der Waals surface area contributed by atoms with E-state index in [0.717, 1.165) is 12.8 Å². The van der Waals surface area contributed by atoms with Gasteiger partial charge in [-0.25, -0.2) is 4.98 Å². The first kappa shape index (κ1) is 18.8. The number of rotatable bonds is 7. The van der Waals surface area contributed by atoms with Gasteiger partial charge >= 0.3 is 6.01 Å². The molecule has 1 aliphatic heterocycles. The molecule has 1 aromatic heterocycles. The van der Waals surface area contributed by atoms with E-state index in [-0.39, 0.29) is 24.6 Å². The van der Waals surface area contributed by atoms with Crippen LogP contribution in [-0.2, 0) is 4.79 Å². The Hall–Kier alpha value is -3.03. The summed E-state index contributed by atoms with van der Waals surface area (Å²) in [6.07, 6.45) is 3.17. The number of ether oxygens (including phenoxy) is 4. The summed E-state index contributed by atoms with van der Waals surface area (Å²) in [5, 5.41) is 0. The third-order valence-electron chi connectivity index (χ3n) is 4.21. The number of carbonyl (C=O) groups excluding carboxylic acids is 1. The van der Waals surface area contributed by atoms with Crippen LogP contribution in [0.15, 0.2) is 36.5 Å². The highest BCUT2D eigenvalue weighted by Crippen LogP contribution is 2.20. The molecule has 1 fully saturated rings. The van der Waals surface area contributed by atoms with Crippen molar-refractivity contribution in [3.63, 3.8) is 0 Å². The second-order valence-electron chi connectivity index (χ2n) is 6.07. The maximum Gasteiger partial charge on any atom is 0.319 e. The number of piperidine rings is 1. The Morgan fingerprint density at radius 3 is 2.89 bits per heavy atom. The zero-order valence-corrected chi connectivity index (χ0v) is 15.5. The van der Waals surface area contributed by atoms with Crippen LogP contribution in [-0.4, -0.2) is 60.8 Å². The minimum absolute atomic E-state index is 0.0266. The number of nitrogens with zero attached hydrogens (tertiary/aromatic N) is 3. The van der Waals surface area contributed by atoms with Crippen molar-refractivity contribution in [3.05, 3.63) is 36.5 Å². The molecule has 27 heavy (non-hydrogen) atoms. The van der Waals surface area contributed by atoms with E-state index >= 15 is 0 Å². The zero-order valence-electron chi connectivity index (χ0n) is 15.5. The van der Waals surface area contributed by atoms with Crippen molar-refractivity contribution >= 4 is 5.91 Å². The summed E-state index contributed by atoms with van der Waals surface area (Å²) in [5.41, 5.74) is 0. The normalized spacial score (nSPS) is 16.5. The van der Waals surface area contributed by atoms with E-state index in [0.29, 0.717) is 30.5 Å². The lowest BCUT2D eigenvalue weighted by atomic mass is 10.1. The SMILES string of the molecule is COc1cccc(OCC(=O)N2CCCC(Oc3ccnc(OC)n3)C2)c1. The molecule has 0 bridgehead atoms. The van der Waals surface area contributed by atoms with Crippen LogP contribution in [0, 0.1) is 0 Å². The molecule has 1 aromatic carbocycles. The first-order chi connectivity index (χ1) is 13.2. The molecule has 3 rings (SSSR count). The van der Waals surface area contributed by atoms with Gasteiger partial charge in [-0.15, -0.1) is 0 Å². The molecule has 0 N–H and O–H groups in total.